The molecule has 19 heteroatoms. The number of hydrogen-bond acceptors (Lipinski definition) is 12. The zero-order valence-corrected chi connectivity index (χ0v) is 28.8. The van der Waals surface area contributed by atoms with E-state index in [9.17, 15) is 0 Å². The van der Waals surface area contributed by atoms with Crippen LogP contribution in [0.15, 0.2) is 79.0 Å². The van der Waals surface area contributed by atoms with Crippen molar-refractivity contribution in [1.82, 2.24) is 21.8 Å². The predicted octanol–water partition coefficient (Wildman–Crippen LogP) is 3.15. The van der Waals surface area contributed by atoms with Crippen LogP contribution >= 0.6 is 24.4 Å². The van der Waals surface area contributed by atoms with Gasteiger partial charge in [0.05, 0.1) is 12.4 Å². The molecule has 0 spiro atoms. The minimum atomic E-state index is -0.122. The van der Waals surface area contributed by atoms with Crippen LogP contribution in [0.1, 0.15) is 38.8 Å². The molecule has 257 valence electrons. The van der Waals surface area contributed by atoms with Crippen LogP contribution < -0.4 is 31.6 Å². The van der Waals surface area contributed by atoms with Gasteiger partial charge in [0.2, 0.25) is 10.2 Å². The van der Waals surface area contributed by atoms with Crippen molar-refractivity contribution in [2.24, 2.45) is 30.5 Å². The molecule has 0 saturated heterocycles. The average molecular weight is 736 g/mol. The summed E-state index contributed by atoms with van der Waals surface area (Å²) >= 11 is 9.80. The van der Waals surface area contributed by atoms with Crippen LogP contribution in [0.25, 0.3) is 0 Å². The molecule has 0 saturated carbocycles. The first-order valence-corrected chi connectivity index (χ1v) is 14.8. The monoisotopic (exact) mass is 735 g/mol. The van der Waals surface area contributed by atoms with Gasteiger partial charge in [0.15, 0.2) is 11.7 Å². The number of hydroxylamine groups is 2. The first kappa shape index (κ1) is 42.5. The third-order valence-corrected chi connectivity index (χ3v) is 6.19. The van der Waals surface area contributed by atoms with Crippen molar-refractivity contribution in [3.05, 3.63) is 59.7 Å². The van der Waals surface area contributed by atoms with E-state index in [2.05, 4.69) is 78.8 Å². The molecule has 0 aliphatic carbocycles. The summed E-state index contributed by atoms with van der Waals surface area (Å²) in [7, 11) is 0. The van der Waals surface area contributed by atoms with E-state index in [1.165, 1.54) is 0 Å². The Hall–Kier alpha value is -4.52. The zero-order chi connectivity index (χ0) is 34.2. The SMILES string of the molecule is CCN(CC)c1ccc(/C=N/NC(=S)/N=C(/C=N/O)NO)cc1.CCN(CC)c1ccc(/C=N/NC(=S)/N=C(/C=N/O)NO)cc1.[Cu+2]. The fourth-order valence-electron chi connectivity index (χ4n) is 3.59. The Labute approximate surface area is 295 Å². The Morgan fingerprint density at radius 3 is 1.21 bits per heavy atom. The van der Waals surface area contributed by atoms with Gasteiger partial charge < -0.3 is 20.2 Å². The second-order valence-electron chi connectivity index (χ2n) is 8.58. The molecular weight excluding hydrogens is 696 g/mol. The molecule has 0 unspecified atom stereocenters. The number of hydrazone groups is 2. The second kappa shape index (κ2) is 25.6. The van der Waals surface area contributed by atoms with Crippen LogP contribution in [0.4, 0.5) is 11.4 Å². The Morgan fingerprint density at radius 1 is 0.638 bits per heavy atom. The maximum absolute atomic E-state index is 8.71. The fourth-order valence-corrected chi connectivity index (χ4v) is 3.89. The number of hydrogen-bond donors (Lipinski definition) is 8. The largest absolute Gasteiger partial charge is 2.00 e. The predicted molar refractivity (Wildman–Crippen MR) is 192 cm³/mol. The Bertz CT molecular complexity index is 1280. The van der Waals surface area contributed by atoms with Gasteiger partial charge in [-0.1, -0.05) is 34.6 Å². The molecular formula is C28H40CuN12O4S2+2. The molecule has 1 radical (unpaired) electrons. The number of nitrogens with zero attached hydrogens (tertiary/aromatic N) is 8. The van der Waals surface area contributed by atoms with Crippen LogP contribution in [0.3, 0.4) is 0 Å². The van der Waals surface area contributed by atoms with Crippen LogP contribution in [0, 0.1) is 0 Å². The van der Waals surface area contributed by atoms with E-state index in [0.29, 0.717) is 0 Å². The van der Waals surface area contributed by atoms with Gasteiger partial charge in [-0.25, -0.2) is 0 Å². The average Bonchev–Trinajstić information content (AvgIpc) is 3.07. The first-order valence-electron chi connectivity index (χ1n) is 14.0. The van der Waals surface area contributed by atoms with Crippen molar-refractivity contribution in [2.45, 2.75) is 27.7 Å². The molecule has 2 aromatic rings. The summed E-state index contributed by atoms with van der Waals surface area (Å²) in [5.74, 6) is -0.243. The second-order valence-corrected chi connectivity index (χ2v) is 9.36. The fraction of sp³-hybridized carbons (Fsp3) is 0.286. The van der Waals surface area contributed by atoms with Gasteiger partial charge in [-0.2, -0.15) is 20.2 Å². The number of rotatable bonds is 12. The van der Waals surface area contributed by atoms with Crippen LogP contribution in [-0.4, -0.2) is 93.8 Å². The number of nitrogens with one attached hydrogen (secondary N) is 4. The van der Waals surface area contributed by atoms with Gasteiger partial charge >= 0.3 is 17.1 Å². The maximum Gasteiger partial charge on any atom is 2.00 e. The summed E-state index contributed by atoms with van der Waals surface area (Å²) in [6.07, 6.45) is 4.98. The summed E-state index contributed by atoms with van der Waals surface area (Å²) in [6.45, 7) is 12.3. The molecule has 0 aliphatic heterocycles. The normalized spacial score (nSPS) is 11.6. The third-order valence-electron chi connectivity index (χ3n) is 5.82. The number of oxime groups is 2. The molecule has 47 heavy (non-hydrogen) atoms. The minimum absolute atomic E-state index is 0. The summed E-state index contributed by atoms with van der Waals surface area (Å²) in [6, 6.07) is 15.9. The number of anilines is 2. The molecule has 0 heterocycles. The van der Waals surface area contributed by atoms with Crippen molar-refractivity contribution in [2.75, 3.05) is 36.0 Å². The Morgan fingerprint density at radius 2 is 0.957 bits per heavy atom. The Balaban J connectivity index is 0.000000882. The van der Waals surface area contributed by atoms with E-state index in [0.717, 1.165) is 61.1 Å². The van der Waals surface area contributed by atoms with E-state index >= 15 is 0 Å². The van der Waals surface area contributed by atoms with Crippen molar-refractivity contribution >= 4 is 82.6 Å². The quantitative estimate of drug-likeness (QED) is 0.0395. The van der Waals surface area contributed by atoms with Crippen molar-refractivity contribution in [1.29, 1.82) is 0 Å². The van der Waals surface area contributed by atoms with Gasteiger partial charge in [0, 0.05) is 37.6 Å². The smallest absolute Gasteiger partial charge is 0.411 e. The van der Waals surface area contributed by atoms with Crippen LogP contribution in [0.2, 0.25) is 0 Å². The van der Waals surface area contributed by atoms with E-state index in [1.54, 1.807) is 23.4 Å². The molecule has 0 atom stereocenters. The molecule has 0 aliphatic rings. The molecule has 0 aromatic heterocycles. The molecule has 16 nitrogen and oxygen atoms in total. The van der Waals surface area contributed by atoms with E-state index in [1.807, 2.05) is 48.5 Å². The van der Waals surface area contributed by atoms with Crippen molar-refractivity contribution in [3.8, 4) is 0 Å². The topological polar surface area (TPSA) is 210 Å². The molecule has 2 rings (SSSR count). The molecule has 0 amide bonds. The van der Waals surface area contributed by atoms with Gasteiger partial charge in [0.1, 0.15) is 12.4 Å². The number of aliphatic imine (C=N–C) groups is 2. The zero-order valence-electron chi connectivity index (χ0n) is 26.2. The van der Waals surface area contributed by atoms with E-state index in [-0.39, 0.29) is 39.0 Å². The van der Waals surface area contributed by atoms with Crippen molar-refractivity contribution < 1.29 is 37.9 Å². The van der Waals surface area contributed by atoms with Gasteiger partial charge in [-0.15, -0.1) is 0 Å². The molecule has 0 bridgehead atoms. The first-order chi connectivity index (χ1) is 22.3. The van der Waals surface area contributed by atoms with Crippen LogP contribution in [0.5, 0.6) is 0 Å². The number of thiocarbonyl (C=S) groups is 2. The standard InChI is InChI=1S/2C14H20N6O2S.Cu/c2*1-3-20(4-2)12-7-5-11(6-8-12)9-15-18-14(23)17-13(19-22)10-16-21;/h2*5-10,21-22H,3-4H2,1-2H3,(H2,17,18,19,23);/q;;+2/b2*15-9+,16-10+;. The summed E-state index contributed by atoms with van der Waals surface area (Å²) < 4.78 is 0. The van der Waals surface area contributed by atoms with E-state index < -0.39 is 0 Å². The molecule has 8 N–H and O–H groups in total. The summed E-state index contributed by atoms with van der Waals surface area (Å²) in [4.78, 5) is 11.9. The summed E-state index contributed by atoms with van der Waals surface area (Å²) in [5, 5.41) is 47.4. The Kier molecular flexibility index (Phi) is 23.2. The van der Waals surface area contributed by atoms with Gasteiger partial charge in [-0.3, -0.25) is 32.2 Å². The maximum atomic E-state index is 8.71. The molecule has 0 fully saturated rings. The van der Waals surface area contributed by atoms with Crippen molar-refractivity contribution in [3.63, 3.8) is 0 Å². The van der Waals surface area contributed by atoms with Crippen LogP contribution in [-0.2, 0) is 17.1 Å². The van der Waals surface area contributed by atoms with E-state index in [4.69, 9.17) is 45.3 Å². The number of amidine groups is 2. The van der Waals surface area contributed by atoms with Gasteiger partial charge in [0.25, 0.3) is 0 Å². The molecule has 2 aromatic carbocycles. The third kappa shape index (κ3) is 17.1. The minimum Gasteiger partial charge on any atom is -0.411 e. The van der Waals surface area contributed by atoms with Gasteiger partial charge in [-0.05, 0) is 87.5 Å². The number of benzene rings is 2. The summed E-state index contributed by atoms with van der Waals surface area (Å²) in [5.41, 5.74) is 12.6.